The molecule has 0 spiro atoms. The molecule has 0 bridgehead atoms. The monoisotopic (exact) mass is 298 g/mol. The Morgan fingerprint density at radius 3 is 2.86 bits per heavy atom. The van der Waals surface area contributed by atoms with Crippen molar-refractivity contribution in [2.24, 2.45) is 0 Å². The third kappa shape index (κ3) is 3.15. The molecule has 0 amide bonds. The second kappa shape index (κ2) is 6.56. The van der Waals surface area contributed by atoms with Crippen LogP contribution in [0.15, 0.2) is 48.5 Å². The van der Waals surface area contributed by atoms with Crippen LogP contribution in [0.5, 0.6) is 11.5 Å². The van der Waals surface area contributed by atoms with Gasteiger partial charge in [-0.2, -0.15) is 0 Å². The molecule has 1 aliphatic heterocycles. The van der Waals surface area contributed by atoms with Crippen molar-refractivity contribution >= 4 is 11.6 Å². The minimum Gasteiger partial charge on any atom is -0.493 e. The third-order valence-electron chi connectivity index (χ3n) is 3.42. The van der Waals surface area contributed by atoms with Crippen LogP contribution < -0.4 is 9.47 Å². The van der Waals surface area contributed by atoms with E-state index in [0.29, 0.717) is 19.1 Å². The summed E-state index contributed by atoms with van der Waals surface area (Å²) < 4.78 is 11.6. The highest BCUT2D eigenvalue weighted by Gasteiger charge is 2.24. The van der Waals surface area contributed by atoms with Crippen molar-refractivity contribution in [2.75, 3.05) is 19.1 Å². The van der Waals surface area contributed by atoms with Crippen molar-refractivity contribution in [3.8, 4) is 23.3 Å². The van der Waals surface area contributed by atoms with Crippen LogP contribution in [0.3, 0.4) is 0 Å². The van der Waals surface area contributed by atoms with Crippen LogP contribution in [0.25, 0.3) is 0 Å². The first kappa shape index (κ1) is 13.9. The fraction of sp³-hybridized carbons (Fsp3) is 0.222. The normalized spacial score (nSPS) is 15.6. The summed E-state index contributed by atoms with van der Waals surface area (Å²) in [6.45, 7) is 1.24. The molecule has 2 nitrogen and oxygen atoms in total. The maximum Gasteiger partial charge on any atom is 0.134 e. The molecule has 0 saturated carbocycles. The number of halogens is 1. The number of hydrogen-bond donors (Lipinski definition) is 0. The van der Waals surface area contributed by atoms with E-state index >= 15 is 0 Å². The topological polar surface area (TPSA) is 18.5 Å². The molecule has 1 atom stereocenters. The summed E-state index contributed by atoms with van der Waals surface area (Å²) in [5.41, 5.74) is 2.08. The predicted octanol–water partition coefficient (Wildman–Crippen LogP) is 3.83. The van der Waals surface area contributed by atoms with Gasteiger partial charge in [0.15, 0.2) is 0 Å². The third-order valence-corrected chi connectivity index (χ3v) is 3.55. The average Bonchev–Trinajstić information content (AvgIpc) is 2.95. The Hall–Kier alpha value is -2.11. The first-order valence-electron chi connectivity index (χ1n) is 6.87. The van der Waals surface area contributed by atoms with E-state index in [1.54, 1.807) is 0 Å². The predicted molar refractivity (Wildman–Crippen MR) is 84.2 cm³/mol. The van der Waals surface area contributed by atoms with Gasteiger partial charge in [0.2, 0.25) is 0 Å². The quantitative estimate of drug-likeness (QED) is 0.633. The summed E-state index contributed by atoms with van der Waals surface area (Å²) in [6.07, 6.45) is 0. The maximum absolute atomic E-state index is 5.95. The van der Waals surface area contributed by atoms with Gasteiger partial charge >= 0.3 is 0 Å². The van der Waals surface area contributed by atoms with E-state index < -0.39 is 0 Å². The van der Waals surface area contributed by atoms with E-state index in [-0.39, 0.29) is 5.92 Å². The number of alkyl halides is 1. The molecule has 106 valence electrons. The van der Waals surface area contributed by atoms with Gasteiger partial charge in [-0.05, 0) is 18.2 Å². The molecule has 1 heterocycles. The van der Waals surface area contributed by atoms with Gasteiger partial charge in [0.05, 0.1) is 30.6 Å². The van der Waals surface area contributed by atoms with E-state index in [9.17, 15) is 0 Å². The molecule has 0 radical (unpaired) electrons. The second-order valence-corrected chi connectivity index (χ2v) is 5.06. The minimum absolute atomic E-state index is 0.259. The highest BCUT2D eigenvalue weighted by molar-refractivity contribution is 6.19. The Bertz CT molecular complexity index is 685. The van der Waals surface area contributed by atoms with E-state index in [4.69, 9.17) is 21.1 Å². The van der Waals surface area contributed by atoms with Gasteiger partial charge in [0, 0.05) is 5.56 Å². The zero-order valence-corrected chi connectivity index (χ0v) is 12.3. The van der Waals surface area contributed by atoms with Crippen LogP contribution in [0.2, 0.25) is 0 Å². The number of hydrogen-bond acceptors (Lipinski definition) is 2. The molecule has 21 heavy (non-hydrogen) atoms. The van der Waals surface area contributed by atoms with Crippen molar-refractivity contribution in [1.29, 1.82) is 0 Å². The highest BCUT2D eigenvalue weighted by atomic mass is 35.5. The highest BCUT2D eigenvalue weighted by Crippen LogP contribution is 2.34. The molecule has 0 saturated heterocycles. The maximum atomic E-state index is 5.95. The zero-order valence-electron chi connectivity index (χ0n) is 11.5. The van der Waals surface area contributed by atoms with Gasteiger partial charge in [-0.15, -0.1) is 11.6 Å². The number of fused-ring (bicyclic) bond motifs is 1. The van der Waals surface area contributed by atoms with Crippen molar-refractivity contribution < 1.29 is 9.47 Å². The first-order valence-corrected chi connectivity index (χ1v) is 7.40. The molecule has 0 fully saturated rings. The largest absolute Gasteiger partial charge is 0.493 e. The van der Waals surface area contributed by atoms with Gasteiger partial charge in [-0.3, -0.25) is 0 Å². The number of ether oxygens (including phenoxy) is 2. The van der Waals surface area contributed by atoms with Gasteiger partial charge in [-0.1, -0.05) is 42.2 Å². The molecule has 0 N–H and O–H groups in total. The summed E-state index contributed by atoms with van der Waals surface area (Å²) in [4.78, 5) is 0. The molecule has 3 rings (SSSR count). The van der Waals surface area contributed by atoms with Crippen molar-refractivity contribution in [3.63, 3.8) is 0 Å². The first-order chi connectivity index (χ1) is 10.4. The summed E-state index contributed by atoms with van der Waals surface area (Å²) in [6, 6.07) is 15.9. The van der Waals surface area contributed by atoms with Gasteiger partial charge in [-0.25, -0.2) is 0 Å². The molecular formula is C18H15ClO2. The molecule has 1 unspecified atom stereocenters. The van der Waals surface area contributed by atoms with Gasteiger partial charge in [0.25, 0.3) is 0 Å². The summed E-state index contributed by atoms with van der Waals surface area (Å²) >= 11 is 5.61. The standard InChI is InChI=1S/C18H15ClO2/c19-11-5-7-14-6-1-3-9-17(14)20-12-15-13-21-18-10-4-2-8-16(15)18/h1-4,6,8-10,15H,11-13H2. The van der Waals surface area contributed by atoms with Gasteiger partial charge < -0.3 is 9.47 Å². The Labute approximate surface area is 129 Å². The van der Waals surface area contributed by atoms with Crippen molar-refractivity contribution in [3.05, 3.63) is 59.7 Å². The molecule has 1 aliphatic rings. The number of rotatable bonds is 3. The lowest BCUT2D eigenvalue weighted by molar-refractivity contribution is 0.248. The Kier molecular flexibility index (Phi) is 4.33. The molecule has 0 aliphatic carbocycles. The SMILES string of the molecule is ClCC#Cc1ccccc1OCC1COc2ccccc21. The Morgan fingerprint density at radius 1 is 1.14 bits per heavy atom. The second-order valence-electron chi connectivity index (χ2n) is 4.79. The van der Waals surface area contributed by atoms with Crippen LogP contribution in [-0.2, 0) is 0 Å². The summed E-state index contributed by atoms with van der Waals surface area (Å²) in [5.74, 6) is 8.21. The van der Waals surface area contributed by atoms with Crippen molar-refractivity contribution in [1.82, 2.24) is 0 Å². The van der Waals surface area contributed by atoms with Crippen LogP contribution in [0.4, 0.5) is 0 Å². The lowest BCUT2D eigenvalue weighted by Crippen LogP contribution is -2.12. The van der Waals surface area contributed by atoms with Crippen LogP contribution in [0, 0.1) is 11.8 Å². The number of para-hydroxylation sites is 2. The molecule has 2 aromatic carbocycles. The van der Waals surface area contributed by atoms with E-state index in [0.717, 1.165) is 17.1 Å². The molecule has 0 aromatic heterocycles. The van der Waals surface area contributed by atoms with E-state index in [1.807, 2.05) is 42.5 Å². The van der Waals surface area contributed by atoms with E-state index in [1.165, 1.54) is 5.56 Å². The van der Waals surface area contributed by atoms with E-state index in [2.05, 4.69) is 17.9 Å². The van der Waals surface area contributed by atoms with Crippen molar-refractivity contribution in [2.45, 2.75) is 5.92 Å². The number of benzene rings is 2. The average molecular weight is 299 g/mol. The Morgan fingerprint density at radius 2 is 1.95 bits per heavy atom. The summed E-state index contributed by atoms with van der Waals surface area (Å²) in [7, 11) is 0. The summed E-state index contributed by atoms with van der Waals surface area (Å²) in [5, 5.41) is 0. The fourth-order valence-corrected chi connectivity index (χ4v) is 2.45. The van der Waals surface area contributed by atoms with Crippen LogP contribution >= 0.6 is 11.6 Å². The minimum atomic E-state index is 0.259. The molecular weight excluding hydrogens is 284 g/mol. The van der Waals surface area contributed by atoms with Crippen LogP contribution in [0.1, 0.15) is 17.0 Å². The smallest absolute Gasteiger partial charge is 0.134 e. The fourth-order valence-electron chi connectivity index (χ4n) is 2.38. The van der Waals surface area contributed by atoms with Gasteiger partial charge in [0.1, 0.15) is 11.5 Å². The van der Waals surface area contributed by atoms with Crippen LogP contribution in [-0.4, -0.2) is 19.1 Å². The Balaban J connectivity index is 1.72. The lowest BCUT2D eigenvalue weighted by atomic mass is 10.0. The zero-order chi connectivity index (χ0) is 14.5. The molecule has 2 aromatic rings. The lowest BCUT2D eigenvalue weighted by Gasteiger charge is -2.12. The molecule has 3 heteroatoms.